The van der Waals surface area contributed by atoms with E-state index in [9.17, 15) is 13.2 Å². The van der Waals surface area contributed by atoms with Gasteiger partial charge < -0.3 is 9.64 Å². The largest absolute Gasteiger partial charge is 0.481 e. The van der Waals surface area contributed by atoms with Gasteiger partial charge in [-0.2, -0.15) is 14.1 Å². The summed E-state index contributed by atoms with van der Waals surface area (Å²) < 4.78 is 35.0. The van der Waals surface area contributed by atoms with E-state index in [-0.39, 0.29) is 23.7 Å². The van der Waals surface area contributed by atoms with E-state index in [4.69, 9.17) is 4.74 Å². The van der Waals surface area contributed by atoms with Crippen molar-refractivity contribution in [2.45, 2.75) is 13.0 Å². The highest BCUT2D eigenvalue weighted by atomic mass is 32.2. The van der Waals surface area contributed by atoms with Crippen molar-refractivity contribution in [3.63, 3.8) is 0 Å². The van der Waals surface area contributed by atoms with Crippen molar-refractivity contribution in [2.75, 3.05) is 36.8 Å². The monoisotopic (exact) mass is 530 g/mol. The lowest BCUT2D eigenvalue weighted by Crippen LogP contribution is -2.50. The summed E-state index contributed by atoms with van der Waals surface area (Å²) in [6.45, 7) is 1.76. The Morgan fingerprint density at radius 2 is 1.34 bits per heavy atom. The predicted molar refractivity (Wildman–Crippen MR) is 148 cm³/mol. The summed E-state index contributed by atoms with van der Waals surface area (Å²) in [4.78, 5) is 15.5. The van der Waals surface area contributed by atoms with Gasteiger partial charge in [0.25, 0.3) is 0 Å². The lowest BCUT2D eigenvalue weighted by molar-refractivity contribution is 0.297. The van der Waals surface area contributed by atoms with Gasteiger partial charge in [0.1, 0.15) is 12.3 Å². The van der Waals surface area contributed by atoms with Crippen LogP contribution in [-0.2, 0) is 23.1 Å². The Morgan fingerprint density at radius 3 is 1.97 bits per heavy atom. The van der Waals surface area contributed by atoms with E-state index < -0.39 is 10.0 Å². The fourth-order valence-corrected chi connectivity index (χ4v) is 5.97. The molecular weight excluding hydrogens is 500 g/mol. The molecule has 0 atom stereocenters. The highest BCUT2D eigenvalue weighted by molar-refractivity contribution is 7.89. The normalized spacial score (nSPS) is 14.4. The van der Waals surface area contributed by atoms with Crippen molar-refractivity contribution >= 4 is 15.7 Å². The summed E-state index contributed by atoms with van der Waals surface area (Å²) >= 11 is 0. The van der Waals surface area contributed by atoms with Crippen molar-refractivity contribution in [1.82, 2.24) is 14.1 Å². The Hall–Kier alpha value is -3.95. The van der Waals surface area contributed by atoms with Crippen LogP contribution in [0.5, 0.6) is 5.75 Å². The Labute approximate surface area is 222 Å². The lowest BCUT2D eigenvalue weighted by atomic mass is 10.2. The molecule has 0 radical (unpaired) electrons. The number of rotatable bonds is 9. The molecule has 1 aromatic heterocycles. The predicted octanol–water partition coefficient (Wildman–Crippen LogP) is 3.51. The fourth-order valence-electron chi connectivity index (χ4n) is 4.50. The Morgan fingerprint density at radius 1 is 0.763 bits per heavy atom. The van der Waals surface area contributed by atoms with Crippen LogP contribution in [0, 0.1) is 0 Å². The number of aryl methyl sites for hydroxylation is 1. The van der Waals surface area contributed by atoms with Crippen LogP contribution >= 0.6 is 0 Å². The van der Waals surface area contributed by atoms with Crippen LogP contribution in [0.1, 0.15) is 11.1 Å². The fraction of sp³-hybridized carbons (Fsp3) is 0.241. The molecule has 5 rings (SSSR count). The number of sulfonamides is 1. The molecule has 196 valence electrons. The van der Waals surface area contributed by atoms with Crippen molar-refractivity contribution in [1.29, 1.82) is 0 Å². The van der Waals surface area contributed by atoms with Crippen LogP contribution < -0.4 is 15.2 Å². The van der Waals surface area contributed by atoms with Gasteiger partial charge in [-0.25, -0.2) is 8.42 Å². The van der Waals surface area contributed by atoms with E-state index in [1.807, 2.05) is 95.9 Å². The molecule has 0 spiro atoms. The molecule has 4 aromatic rings. The molecule has 9 heteroatoms. The zero-order valence-electron chi connectivity index (χ0n) is 21.0. The minimum Gasteiger partial charge on any atom is -0.481 e. The third kappa shape index (κ3) is 5.95. The third-order valence-electron chi connectivity index (χ3n) is 6.61. The summed E-state index contributed by atoms with van der Waals surface area (Å²) in [5.41, 5.74) is 2.79. The second kappa shape index (κ2) is 11.6. The van der Waals surface area contributed by atoms with Gasteiger partial charge in [-0.3, -0.25) is 4.79 Å². The molecule has 2 heterocycles. The first-order chi connectivity index (χ1) is 18.5. The van der Waals surface area contributed by atoms with E-state index in [0.29, 0.717) is 44.0 Å². The van der Waals surface area contributed by atoms with Gasteiger partial charge in [0, 0.05) is 26.2 Å². The molecule has 0 aliphatic carbocycles. The average molecular weight is 531 g/mol. The van der Waals surface area contributed by atoms with Gasteiger partial charge >= 0.3 is 5.56 Å². The first-order valence-corrected chi connectivity index (χ1v) is 14.2. The number of benzene rings is 3. The Balaban J connectivity index is 1.34. The number of piperazine rings is 1. The quantitative estimate of drug-likeness (QED) is 0.329. The maximum atomic E-state index is 13.5. The summed E-state index contributed by atoms with van der Waals surface area (Å²) in [6, 6.07) is 28.5. The highest BCUT2D eigenvalue weighted by Gasteiger charge is 2.29. The van der Waals surface area contributed by atoms with Gasteiger partial charge in [-0.05, 0) is 29.7 Å². The van der Waals surface area contributed by atoms with Crippen molar-refractivity contribution in [3.05, 3.63) is 119 Å². The van der Waals surface area contributed by atoms with Gasteiger partial charge in [-0.15, -0.1) is 0 Å². The van der Waals surface area contributed by atoms with Gasteiger partial charge in [0.15, 0.2) is 0 Å². The van der Waals surface area contributed by atoms with Crippen LogP contribution in [0.2, 0.25) is 0 Å². The third-order valence-corrected chi connectivity index (χ3v) is 8.48. The number of anilines is 1. The summed E-state index contributed by atoms with van der Waals surface area (Å²) in [6.07, 6.45) is 2.11. The Bertz CT molecular complexity index is 1500. The molecule has 1 aliphatic heterocycles. The minimum atomic E-state index is -3.40. The van der Waals surface area contributed by atoms with E-state index in [0.717, 1.165) is 11.1 Å². The highest BCUT2D eigenvalue weighted by Crippen LogP contribution is 2.27. The number of ether oxygens (including phenoxy) is 1. The molecule has 1 saturated heterocycles. The molecule has 0 amide bonds. The van der Waals surface area contributed by atoms with E-state index in [1.165, 1.54) is 8.99 Å². The number of nitrogens with zero attached hydrogens (tertiary/aromatic N) is 4. The molecule has 1 aliphatic rings. The van der Waals surface area contributed by atoms with Crippen molar-refractivity contribution in [3.8, 4) is 11.4 Å². The van der Waals surface area contributed by atoms with Crippen molar-refractivity contribution < 1.29 is 13.2 Å². The maximum Gasteiger partial charge on any atom is 0.316 e. The first-order valence-electron chi connectivity index (χ1n) is 12.6. The molecule has 0 saturated carbocycles. The SMILES string of the molecule is O=c1c(OCc2ccccc2)c(N2CCN(S(=O)(=O)CCc3ccccc3)CC2)cnn1-c1ccccc1. The van der Waals surface area contributed by atoms with Crippen LogP contribution in [0.15, 0.2) is 102 Å². The Kier molecular flexibility index (Phi) is 7.86. The zero-order chi connectivity index (χ0) is 26.4. The second-order valence-electron chi connectivity index (χ2n) is 9.12. The van der Waals surface area contributed by atoms with E-state index >= 15 is 0 Å². The van der Waals surface area contributed by atoms with Crippen LogP contribution in [-0.4, -0.2) is 54.4 Å². The standard InChI is InChI=1S/C29H30N4O4S/c34-29-28(37-23-25-12-6-2-7-13-25)27(22-30-33(29)26-14-8-3-9-15-26)31-17-19-32(20-18-31)38(35,36)21-16-24-10-4-1-5-11-24/h1-15,22H,16-21,23H2. The van der Waals surface area contributed by atoms with Crippen LogP contribution in [0.3, 0.4) is 0 Å². The number of hydrogen-bond acceptors (Lipinski definition) is 6. The summed E-state index contributed by atoms with van der Waals surface area (Å²) in [5, 5.41) is 4.42. The smallest absolute Gasteiger partial charge is 0.316 e. The second-order valence-corrected chi connectivity index (χ2v) is 11.2. The summed E-state index contributed by atoms with van der Waals surface area (Å²) in [7, 11) is -3.40. The zero-order valence-corrected chi connectivity index (χ0v) is 21.8. The molecule has 3 aromatic carbocycles. The van der Waals surface area contributed by atoms with Gasteiger partial charge in [0.05, 0.1) is 17.6 Å². The summed E-state index contributed by atoms with van der Waals surface area (Å²) in [5.74, 6) is 0.269. The molecular formula is C29H30N4O4S. The van der Waals surface area contributed by atoms with Gasteiger partial charge in [-0.1, -0.05) is 78.9 Å². The average Bonchev–Trinajstić information content (AvgIpc) is 2.97. The topological polar surface area (TPSA) is 84.7 Å². The minimum absolute atomic E-state index is 0.0666. The van der Waals surface area contributed by atoms with Crippen LogP contribution in [0.25, 0.3) is 5.69 Å². The number of aromatic nitrogens is 2. The number of hydrogen-bond donors (Lipinski definition) is 0. The van der Waals surface area contributed by atoms with Crippen LogP contribution in [0.4, 0.5) is 5.69 Å². The first kappa shape index (κ1) is 25.7. The molecule has 0 unspecified atom stereocenters. The molecule has 1 fully saturated rings. The van der Waals surface area contributed by atoms with E-state index in [2.05, 4.69) is 5.10 Å². The van der Waals surface area contributed by atoms with Gasteiger partial charge in [0.2, 0.25) is 15.8 Å². The lowest BCUT2D eigenvalue weighted by Gasteiger charge is -2.35. The maximum absolute atomic E-state index is 13.5. The molecule has 0 N–H and O–H groups in total. The molecule has 38 heavy (non-hydrogen) atoms. The molecule has 8 nitrogen and oxygen atoms in total. The van der Waals surface area contributed by atoms with E-state index in [1.54, 1.807) is 6.20 Å². The van der Waals surface area contributed by atoms with Crippen molar-refractivity contribution in [2.24, 2.45) is 0 Å². The number of para-hydroxylation sites is 1. The molecule has 0 bridgehead atoms.